The van der Waals surface area contributed by atoms with E-state index in [2.05, 4.69) is 11.9 Å². The highest BCUT2D eigenvalue weighted by molar-refractivity contribution is 5.80. The predicted molar refractivity (Wildman–Crippen MR) is 78.1 cm³/mol. The van der Waals surface area contributed by atoms with Crippen molar-refractivity contribution in [2.45, 2.75) is 58.3 Å². The summed E-state index contributed by atoms with van der Waals surface area (Å²) in [5, 5.41) is 11.6. The first-order valence-corrected chi connectivity index (χ1v) is 7.18. The number of hydrogen-bond donors (Lipinski definition) is 2. The lowest BCUT2D eigenvalue weighted by atomic mass is 9.87. The van der Waals surface area contributed by atoms with Gasteiger partial charge in [-0.2, -0.15) is 0 Å². The average molecular weight is 299 g/mol. The molecule has 0 aromatic rings. The fourth-order valence-corrected chi connectivity index (χ4v) is 2.35. The van der Waals surface area contributed by atoms with Crippen LogP contribution >= 0.6 is 0 Å². The minimum absolute atomic E-state index is 0.147. The molecule has 0 spiro atoms. The standard InChI is InChI=1S/C15H25NO5/c1-5-9-20-10-7-6-8-11(10)21-14(19)16-12(13(17)18)15(2,3)4/h5,10-12H,1,6-9H2,2-4H3,(H,16,19)(H,17,18)/t10-,11-,12?/m1/s1. The van der Waals surface area contributed by atoms with Gasteiger partial charge in [0.25, 0.3) is 0 Å². The third kappa shape index (κ3) is 5.38. The summed E-state index contributed by atoms with van der Waals surface area (Å²) in [6, 6.07) is -1.00. The smallest absolute Gasteiger partial charge is 0.408 e. The molecule has 0 bridgehead atoms. The number of amides is 1. The molecule has 1 amide bonds. The Bertz CT molecular complexity index is 388. The van der Waals surface area contributed by atoms with Gasteiger partial charge in [0.1, 0.15) is 12.1 Å². The number of carbonyl (C=O) groups is 2. The third-order valence-electron chi connectivity index (χ3n) is 3.45. The molecule has 21 heavy (non-hydrogen) atoms. The van der Waals surface area contributed by atoms with Crippen molar-refractivity contribution in [2.75, 3.05) is 6.61 Å². The van der Waals surface area contributed by atoms with Crippen LogP contribution in [-0.2, 0) is 14.3 Å². The Hall–Kier alpha value is -1.56. The van der Waals surface area contributed by atoms with Gasteiger partial charge in [-0.3, -0.25) is 0 Å². The Kier molecular flexibility index (Phi) is 6.20. The lowest BCUT2D eigenvalue weighted by Crippen LogP contribution is -2.50. The number of carboxylic acid groups (broad SMARTS) is 1. The first-order valence-electron chi connectivity index (χ1n) is 7.18. The third-order valence-corrected chi connectivity index (χ3v) is 3.45. The molecule has 6 heteroatoms. The van der Waals surface area contributed by atoms with E-state index in [0.29, 0.717) is 6.61 Å². The minimum Gasteiger partial charge on any atom is -0.480 e. The number of carboxylic acids is 1. The van der Waals surface area contributed by atoms with Gasteiger partial charge >= 0.3 is 12.1 Å². The highest BCUT2D eigenvalue weighted by Gasteiger charge is 2.36. The molecule has 0 saturated heterocycles. The first kappa shape index (κ1) is 17.5. The predicted octanol–water partition coefficient (Wildman–Crippen LogP) is 2.34. The van der Waals surface area contributed by atoms with Crippen LogP contribution < -0.4 is 5.32 Å². The molecule has 0 aliphatic heterocycles. The lowest BCUT2D eigenvalue weighted by Gasteiger charge is -2.28. The van der Waals surface area contributed by atoms with E-state index in [9.17, 15) is 14.7 Å². The molecule has 1 aliphatic carbocycles. The van der Waals surface area contributed by atoms with Crippen LogP contribution in [0.3, 0.4) is 0 Å². The molecule has 0 aromatic heterocycles. The van der Waals surface area contributed by atoms with Gasteiger partial charge in [0, 0.05) is 0 Å². The van der Waals surface area contributed by atoms with E-state index in [1.54, 1.807) is 26.8 Å². The fourth-order valence-electron chi connectivity index (χ4n) is 2.35. The van der Waals surface area contributed by atoms with Crippen LogP contribution in [0.4, 0.5) is 4.79 Å². The van der Waals surface area contributed by atoms with Gasteiger partial charge in [-0.1, -0.05) is 26.8 Å². The van der Waals surface area contributed by atoms with Crippen molar-refractivity contribution in [2.24, 2.45) is 5.41 Å². The molecule has 1 fully saturated rings. The van der Waals surface area contributed by atoms with E-state index in [0.717, 1.165) is 19.3 Å². The van der Waals surface area contributed by atoms with Crippen molar-refractivity contribution in [1.82, 2.24) is 5.32 Å². The van der Waals surface area contributed by atoms with Crippen molar-refractivity contribution >= 4 is 12.1 Å². The second-order valence-electron chi connectivity index (χ2n) is 6.32. The summed E-state index contributed by atoms with van der Waals surface area (Å²) in [7, 11) is 0. The maximum Gasteiger partial charge on any atom is 0.408 e. The van der Waals surface area contributed by atoms with Gasteiger partial charge in [-0.25, -0.2) is 9.59 Å². The van der Waals surface area contributed by atoms with E-state index in [-0.39, 0.29) is 12.2 Å². The van der Waals surface area contributed by atoms with E-state index >= 15 is 0 Å². The van der Waals surface area contributed by atoms with Crippen LogP contribution in [0.2, 0.25) is 0 Å². The molecule has 120 valence electrons. The summed E-state index contributed by atoms with van der Waals surface area (Å²) in [5.74, 6) is -1.08. The maximum absolute atomic E-state index is 11.9. The fraction of sp³-hybridized carbons (Fsp3) is 0.733. The Balaban J connectivity index is 2.55. The van der Waals surface area contributed by atoms with Crippen molar-refractivity contribution in [3.05, 3.63) is 12.7 Å². The molecule has 1 saturated carbocycles. The molecule has 1 rings (SSSR count). The van der Waals surface area contributed by atoms with Gasteiger partial charge in [-0.15, -0.1) is 6.58 Å². The van der Waals surface area contributed by atoms with Crippen LogP contribution in [0.15, 0.2) is 12.7 Å². The Morgan fingerprint density at radius 2 is 2.00 bits per heavy atom. The van der Waals surface area contributed by atoms with Gasteiger partial charge in [0.2, 0.25) is 0 Å². The number of rotatable bonds is 6. The number of carbonyl (C=O) groups excluding carboxylic acids is 1. The monoisotopic (exact) mass is 299 g/mol. The summed E-state index contributed by atoms with van der Waals surface area (Å²) >= 11 is 0. The van der Waals surface area contributed by atoms with E-state index in [1.165, 1.54) is 0 Å². The molecular formula is C15H25NO5. The lowest BCUT2D eigenvalue weighted by molar-refractivity contribution is -0.142. The molecule has 6 nitrogen and oxygen atoms in total. The topological polar surface area (TPSA) is 84.9 Å². The van der Waals surface area contributed by atoms with Crippen molar-refractivity contribution in [3.8, 4) is 0 Å². The highest BCUT2D eigenvalue weighted by Crippen LogP contribution is 2.25. The molecule has 0 aromatic carbocycles. The SMILES string of the molecule is C=CCO[C@@H]1CCC[C@H]1OC(=O)NC(C(=O)O)C(C)(C)C. The summed E-state index contributed by atoms with van der Waals surface area (Å²) in [5.41, 5.74) is -0.598. The summed E-state index contributed by atoms with van der Waals surface area (Å²) < 4.78 is 10.9. The van der Waals surface area contributed by atoms with Gasteiger partial charge in [0.15, 0.2) is 0 Å². The van der Waals surface area contributed by atoms with E-state index in [4.69, 9.17) is 9.47 Å². The normalized spacial score (nSPS) is 23.4. The zero-order chi connectivity index (χ0) is 16.0. The van der Waals surface area contributed by atoms with Crippen molar-refractivity contribution in [1.29, 1.82) is 0 Å². The summed E-state index contributed by atoms with van der Waals surface area (Å²) in [6.07, 6.45) is 2.93. The Labute approximate surface area is 125 Å². The molecule has 1 unspecified atom stereocenters. The van der Waals surface area contributed by atoms with Crippen LogP contribution in [0.5, 0.6) is 0 Å². The van der Waals surface area contributed by atoms with Crippen LogP contribution in [-0.4, -0.2) is 42.0 Å². The number of ether oxygens (including phenoxy) is 2. The summed E-state index contributed by atoms with van der Waals surface area (Å²) in [6.45, 7) is 9.23. The molecule has 0 heterocycles. The molecule has 2 N–H and O–H groups in total. The largest absolute Gasteiger partial charge is 0.480 e. The zero-order valence-corrected chi connectivity index (χ0v) is 12.9. The number of nitrogens with one attached hydrogen (secondary N) is 1. The average Bonchev–Trinajstić information content (AvgIpc) is 2.79. The van der Waals surface area contributed by atoms with E-state index in [1.807, 2.05) is 0 Å². The minimum atomic E-state index is -1.08. The van der Waals surface area contributed by atoms with Gasteiger partial charge < -0.3 is 19.9 Å². The van der Waals surface area contributed by atoms with Gasteiger partial charge in [-0.05, 0) is 24.7 Å². The highest BCUT2D eigenvalue weighted by atomic mass is 16.6. The molecule has 0 radical (unpaired) electrons. The van der Waals surface area contributed by atoms with Gasteiger partial charge in [0.05, 0.1) is 12.7 Å². The molecule has 1 aliphatic rings. The van der Waals surface area contributed by atoms with Crippen LogP contribution in [0.1, 0.15) is 40.0 Å². The number of alkyl carbamates (subject to hydrolysis) is 1. The Morgan fingerprint density at radius 1 is 1.38 bits per heavy atom. The maximum atomic E-state index is 11.9. The quantitative estimate of drug-likeness (QED) is 0.735. The zero-order valence-electron chi connectivity index (χ0n) is 12.9. The van der Waals surface area contributed by atoms with Crippen molar-refractivity contribution < 1.29 is 24.2 Å². The second kappa shape index (κ2) is 7.45. The number of aliphatic carboxylic acids is 1. The molecular weight excluding hydrogens is 274 g/mol. The van der Waals surface area contributed by atoms with Crippen molar-refractivity contribution in [3.63, 3.8) is 0 Å². The second-order valence-corrected chi connectivity index (χ2v) is 6.32. The van der Waals surface area contributed by atoms with E-state index < -0.39 is 23.5 Å². The molecule has 3 atom stereocenters. The number of hydrogen-bond acceptors (Lipinski definition) is 4. The first-order chi connectivity index (χ1) is 9.75. The van der Waals surface area contributed by atoms with Crippen LogP contribution in [0.25, 0.3) is 0 Å². The van der Waals surface area contributed by atoms with Crippen LogP contribution in [0, 0.1) is 5.41 Å². The Morgan fingerprint density at radius 3 is 2.52 bits per heavy atom. The summed E-state index contributed by atoms with van der Waals surface area (Å²) in [4.78, 5) is 23.1.